The molecule has 0 aliphatic heterocycles. The molecule has 42 heavy (non-hydrogen) atoms. The zero-order chi connectivity index (χ0) is 30.6. The predicted molar refractivity (Wildman–Crippen MR) is 163 cm³/mol. The first-order valence-electron chi connectivity index (χ1n) is 13.7. The minimum atomic E-state index is -1.000. The first-order chi connectivity index (χ1) is 20.0. The van der Waals surface area contributed by atoms with E-state index in [9.17, 15) is 14.7 Å². The van der Waals surface area contributed by atoms with Crippen LogP contribution in [-0.4, -0.2) is 61.1 Å². The molecular weight excluding hydrogens is 581 g/mol. The Morgan fingerprint density at radius 1 is 0.857 bits per heavy atom. The number of hydrogen-bond acceptors (Lipinski definition) is 6. The van der Waals surface area contributed by atoms with Gasteiger partial charge in [-0.15, -0.1) is 0 Å². The number of ether oxygens (including phenoxy) is 4. The van der Waals surface area contributed by atoms with E-state index >= 15 is 0 Å². The van der Waals surface area contributed by atoms with E-state index in [0.717, 1.165) is 27.8 Å². The van der Waals surface area contributed by atoms with Crippen LogP contribution in [0.15, 0.2) is 54.6 Å². The highest BCUT2D eigenvalue weighted by Gasteiger charge is 2.19. The molecule has 3 rings (SSSR count). The van der Waals surface area contributed by atoms with E-state index in [4.69, 9.17) is 42.1 Å². The van der Waals surface area contributed by atoms with E-state index in [1.165, 1.54) is 4.90 Å². The molecule has 0 aromatic heterocycles. The van der Waals surface area contributed by atoms with Gasteiger partial charge in [-0.25, -0.2) is 9.59 Å². The number of nitrogens with zero attached hydrogens (tertiary/aromatic N) is 1. The summed E-state index contributed by atoms with van der Waals surface area (Å²) in [5, 5.41) is 10.4. The predicted octanol–water partition coefficient (Wildman–Crippen LogP) is 7.05. The molecule has 226 valence electrons. The van der Waals surface area contributed by atoms with Gasteiger partial charge in [0, 0.05) is 29.6 Å². The maximum atomic E-state index is 13.2. The van der Waals surface area contributed by atoms with E-state index in [1.807, 2.05) is 32.9 Å². The average Bonchev–Trinajstić information content (AvgIpc) is 2.93. The molecule has 10 heteroatoms. The number of halogens is 2. The van der Waals surface area contributed by atoms with Crippen molar-refractivity contribution in [3.63, 3.8) is 0 Å². The zero-order valence-electron chi connectivity index (χ0n) is 24.3. The van der Waals surface area contributed by atoms with Crippen LogP contribution in [0.1, 0.15) is 34.7 Å². The van der Waals surface area contributed by atoms with E-state index in [0.29, 0.717) is 28.2 Å². The van der Waals surface area contributed by atoms with E-state index in [-0.39, 0.29) is 39.3 Å². The van der Waals surface area contributed by atoms with Crippen molar-refractivity contribution in [2.45, 2.75) is 46.8 Å². The highest BCUT2D eigenvalue weighted by Crippen LogP contribution is 2.23. The SMILES string of the molecule is CCOC(Cc1ccc(OCCN(CCOCc2cc(Cl)cc(Cl)c2)C(=O)Oc2cc(C)c(C)cc2C)cc1)C(=O)O. The lowest BCUT2D eigenvalue weighted by atomic mass is 10.1. The van der Waals surface area contributed by atoms with Crippen molar-refractivity contribution in [2.24, 2.45) is 0 Å². The minimum absolute atomic E-state index is 0.209. The Hall–Kier alpha value is -3.30. The highest BCUT2D eigenvalue weighted by molar-refractivity contribution is 6.34. The van der Waals surface area contributed by atoms with Crippen molar-refractivity contribution in [1.82, 2.24) is 4.90 Å². The first kappa shape index (κ1) is 33.2. The molecule has 0 saturated heterocycles. The number of carboxylic acid groups (broad SMARTS) is 1. The van der Waals surface area contributed by atoms with Crippen LogP contribution < -0.4 is 9.47 Å². The van der Waals surface area contributed by atoms with E-state index in [1.54, 1.807) is 49.4 Å². The lowest BCUT2D eigenvalue weighted by molar-refractivity contribution is -0.149. The molecular formula is C32H37Cl2NO7. The molecule has 1 amide bonds. The Morgan fingerprint density at radius 3 is 2.14 bits per heavy atom. The van der Waals surface area contributed by atoms with Gasteiger partial charge in [-0.3, -0.25) is 0 Å². The molecule has 0 saturated carbocycles. The van der Waals surface area contributed by atoms with Gasteiger partial charge in [0.1, 0.15) is 18.1 Å². The minimum Gasteiger partial charge on any atom is -0.492 e. The van der Waals surface area contributed by atoms with Crippen LogP contribution in [0.4, 0.5) is 4.79 Å². The number of benzene rings is 3. The van der Waals surface area contributed by atoms with Gasteiger partial charge in [0.25, 0.3) is 0 Å². The molecule has 0 heterocycles. The monoisotopic (exact) mass is 617 g/mol. The number of rotatable bonds is 15. The second kappa shape index (κ2) is 16.4. The Morgan fingerprint density at radius 2 is 1.50 bits per heavy atom. The second-order valence-corrected chi connectivity index (χ2v) is 10.7. The quantitative estimate of drug-likeness (QED) is 0.183. The summed E-state index contributed by atoms with van der Waals surface area (Å²) >= 11 is 12.2. The van der Waals surface area contributed by atoms with Crippen LogP contribution in [0.3, 0.4) is 0 Å². The standard InChI is InChI=1S/C32H37Cl2NO7/c1-5-40-30(31(36)37)18-24-6-8-28(9-7-24)41-13-11-35(10-12-39-20-25-16-26(33)19-27(34)17-25)32(38)42-29-15-22(3)21(2)14-23(29)4/h6-9,14-17,19,30H,5,10-13,18,20H2,1-4H3,(H,36,37). The fraction of sp³-hybridized carbons (Fsp3) is 0.375. The third kappa shape index (κ3) is 10.5. The van der Waals surface area contributed by atoms with Crippen molar-refractivity contribution in [1.29, 1.82) is 0 Å². The summed E-state index contributed by atoms with van der Waals surface area (Å²) in [6.45, 7) is 9.24. The van der Waals surface area contributed by atoms with Crippen LogP contribution in [0.25, 0.3) is 0 Å². The molecule has 3 aromatic carbocycles. The molecule has 0 fully saturated rings. The fourth-order valence-electron chi connectivity index (χ4n) is 4.18. The van der Waals surface area contributed by atoms with Gasteiger partial charge in [0.15, 0.2) is 6.10 Å². The van der Waals surface area contributed by atoms with Gasteiger partial charge >= 0.3 is 12.1 Å². The molecule has 1 N–H and O–H groups in total. The number of aryl methyl sites for hydroxylation is 3. The number of carboxylic acids is 1. The summed E-state index contributed by atoms with van der Waals surface area (Å²) in [6.07, 6.45) is -1.16. The summed E-state index contributed by atoms with van der Waals surface area (Å²) < 4.78 is 22.7. The summed E-state index contributed by atoms with van der Waals surface area (Å²) in [7, 11) is 0. The van der Waals surface area contributed by atoms with Crippen molar-refractivity contribution in [3.05, 3.63) is 92.5 Å². The van der Waals surface area contributed by atoms with Gasteiger partial charge in [0.05, 0.1) is 19.8 Å². The molecule has 0 bridgehead atoms. The summed E-state index contributed by atoms with van der Waals surface area (Å²) in [6, 6.07) is 16.2. The maximum absolute atomic E-state index is 13.2. The Labute approximate surface area is 257 Å². The maximum Gasteiger partial charge on any atom is 0.415 e. The largest absolute Gasteiger partial charge is 0.492 e. The average molecular weight is 619 g/mol. The highest BCUT2D eigenvalue weighted by atomic mass is 35.5. The number of hydrogen-bond donors (Lipinski definition) is 1. The molecule has 0 aliphatic rings. The molecule has 8 nitrogen and oxygen atoms in total. The normalized spacial score (nSPS) is 11.7. The summed E-state index contributed by atoms with van der Waals surface area (Å²) in [5.41, 5.74) is 4.66. The van der Waals surface area contributed by atoms with Crippen molar-refractivity contribution < 1.29 is 33.6 Å². The van der Waals surface area contributed by atoms with Crippen molar-refractivity contribution in [2.75, 3.05) is 32.9 Å². The Balaban J connectivity index is 1.60. The van der Waals surface area contributed by atoms with Crippen molar-refractivity contribution in [3.8, 4) is 11.5 Å². The van der Waals surface area contributed by atoms with E-state index in [2.05, 4.69) is 0 Å². The number of amides is 1. The first-order valence-corrected chi connectivity index (χ1v) is 14.4. The third-order valence-electron chi connectivity index (χ3n) is 6.56. The topological polar surface area (TPSA) is 94.5 Å². The van der Waals surface area contributed by atoms with Gasteiger partial charge in [0.2, 0.25) is 0 Å². The number of carbonyl (C=O) groups excluding carboxylic acids is 1. The third-order valence-corrected chi connectivity index (χ3v) is 7.00. The van der Waals surface area contributed by atoms with Crippen LogP contribution in [0.2, 0.25) is 10.0 Å². The van der Waals surface area contributed by atoms with Crippen LogP contribution in [0.5, 0.6) is 11.5 Å². The molecule has 3 aromatic rings. The summed E-state index contributed by atoms with van der Waals surface area (Å²) in [4.78, 5) is 26.1. The molecule has 1 atom stereocenters. The number of aliphatic carboxylic acids is 1. The summed E-state index contributed by atoms with van der Waals surface area (Å²) in [5.74, 6) is 0.0979. The molecule has 0 spiro atoms. The molecule has 1 unspecified atom stereocenters. The van der Waals surface area contributed by atoms with Gasteiger partial charge in [-0.2, -0.15) is 0 Å². The van der Waals surface area contributed by atoms with Gasteiger partial charge in [-0.1, -0.05) is 41.4 Å². The van der Waals surface area contributed by atoms with Crippen LogP contribution in [-0.2, 0) is 27.3 Å². The number of carbonyl (C=O) groups is 2. The smallest absolute Gasteiger partial charge is 0.415 e. The second-order valence-electron chi connectivity index (χ2n) is 9.87. The van der Waals surface area contributed by atoms with Gasteiger partial charge < -0.3 is 29.0 Å². The zero-order valence-corrected chi connectivity index (χ0v) is 25.8. The van der Waals surface area contributed by atoms with Gasteiger partial charge in [-0.05, 0) is 91.9 Å². The fourth-order valence-corrected chi connectivity index (χ4v) is 4.76. The Bertz CT molecular complexity index is 1330. The lowest BCUT2D eigenvalue weighted by Gasteiger charge is -2.23. The van der Waals surface area contributed by atoms with Crippen molar-refractivity contribution >= 4 is 35.3 Å². The van der Waals surface area contributed by atoms with Crippen LogP contribution >= 0.6 is 23.2 Å². The Kier molecular flexibility index (Phi) is 12.9. The molecule has 0 aliphatic carbocycles. The lowest BCUT2D eigenvalue weighted by Crippen LogP contribution is -2.39. The van der Waals surface area contributed by atoms with E-state index < -0.39 is 18.2 Å². The van der Waals surface area contributed by atoms with Crippen LogP contribution in [0, 0.1) is 20.8 Å². The molecule has 0 radical (unpaired) electrons.